The van der Waals surface area contributed by atoms with Crippen LogP contribution in [0.25, 0.3) is 10.9 Å². The van der Waals surface area contributed by atoms with Gasteiger partial charge in [0.1, 0.15) is 0 Å². The number of nitrogens with one attached hydrogen (secondary N) is 1. The maximum atomic E-state index is 12.0. The van der Waals surface area contributed by atoms with Crippen LogP contribution in [-0.4, -0.2) is 24.1 Å². The molecule has 0 saturated carbocycles. The fraction of sp³-hybridized carbons (Fsp3) is 0.429. The van der Waals surface area contributed by atoms with E-state index in [-0.39, 0.29) is 6.54 Å². The lowest BCUT2D eigenvalue weighted by Crippen LogP contribution is -2.17. The Kier molecular flexibility index (Phi) is 5.13. The summed E-state index contributed by atoms with van der Waals surface area (Å²) < 4.78 is 41.7. The van der Waals surface area contributed by atoms with Gasteiger partial charge in [0, 0.05) is 35.2 Å². The topological polar surface area (TPSA) is 26.2 Å². The smallest absolute Gasteiger partial charge is 0.345 e. The molecule has 0 saturated heterocycles. The average molecular weight is 321 g/mol. The van der Waals surface area contributed by atoms with Crippen LogP contribution in [-0.2, 0) is 17.8 Å². The second kappa shape index (κ2) is 6.68. The molecule has 0 atom stereocenters. The van der Waals surface area contributed by atoms with Crippen LogP contribution < -0.4 is 5.32 Å². The Hall–Kier alpha value is -1.24. The molecule has 2 rings (SSSR count). The largest absolute Gasteiger partial charge is 0.522 e. The summed E-state index contributed by atoms with van der Waals surface area (Å²) in [5, 5.41) is 4.74. The molecule has 1 N–H and O–H groups in total. The Balaban J connectivity index is 2.23. The number of rotatable bonds is 6. The quantitative estimate of drug-likeness (QED) is 0.872. The summed E-state index contributed by atoms with van der Waals surface area (Å²) in [4.78, 5) is 0. The van der Waals surface area contributed by atoms with E-state index >= 15 is 0 Å². The van der Waals surface area contributed by atoms with E-state index in [2.05, 4.69) is 10.1 Å². The van der Waals surface area contributed by atoms with E-state index in [1.54, 1.807) is 16.7 Å². The Morgan fingerprint density at radius 1 is 1.33 bits per heavy atom. The number of benzene rings is 1. The van der Waals surface area contributed by atoms with Crippen molar-refractivity contribution in [3.63, 3.8) is 0 Å². The Morgan fingerprint density at radius 2 is 2.10 bits per heavy atom. The zero-order chi connectivity index (χ0) is 15.5. The molecule has 0 aliphatic heterocycles. The second-order valence-corrected chi connectivity index (χ2v) is 5.02. The first kappa shape index (κ1) is 16.1. The zero-order valence-electron chi connectivity index (χ0n) is 11.5. The summed E-state index contributed by atoms with van der Waals surface area (Å²) in [6.45, 7) is 3.15. The first-order valence-corrected chi connectivity index (χ1v) is 6.97. The minimum Gasteiger partial charge on any atom is -0.345 e. The fourth-order valence-electron chi connectivity index (χ4n) is 2.19. The number of alkyl halides is 3. The third-order valence-electron chi connectivity index (χ3n) is 3.09. The van der Waals surface area contributed by atoms with Gasteiger partial charge in [-0.3, -0.25) is 4.74 Å². The van der Waals surface area contributed by atoms with Crippen molar-refractivity contribution in [3.05, 3.63) is 35.0 Å². The van der Waals surface area contributed by atoms with Crippen LogP contribution in [0.5, 0.6) is 0 Å². The SMILES string of the molecule is CCNCc1cn(CCOC(F)(F)F)c2cc(Cl)ccc12. The van der Waals surface area contributed by atoms with Gasteiger partial charge in [-0.15, -0.1) is 13.2 Å². The summed E-state index contributed by atoms with van der Waals surface area (Å²) in [6, 6.07) is 5.40. The molecule has 1 aromatic carbocycles. The summed E-state index contributed by atoms with van der Waals surface area (Å²) in [7, 11) is 0. The van der Waals surface area contributed by atoms with Crippen molar-refractivity contribution in [3.8, 4) is 0 Å². The number of fused-ring (bicyclic) bond motifs is 1. The van der Waals surface area contributed by atoms with Gasteiger partial charge in [-0.2, -0.15) is 0 Å². The van der Waals surface area contributed by atoms with E-state index in [9.17, 15) is 13.2 Å². The molecule has 0 aliphatic carbocycles. The first-order valence-electron chi connectivity index (χ1n) is 6.59. The van der Waals surface area contributed by atoms with Crippen LogP contribution in [0.15, 0.2) is 24.4 Å². The van der Waals surface area contributed by atoms with E-state index < -0.39 is 13.0 Å². The Bertz CT molecular complexity index is 610. The van der Waals surface area contributed by atoms with Gasteiger partial charge in [0.25, 0.3) is 0 Å². The lowest BCUT2D eigenvalue weighted by Gasteiger charge is -2.09. The van der Waals surface area contributed by atoms with Gasteiger partial charge in [0.2, 0.25) is 0 Å². The highest BCUT2D eigenvalue weighted by molar-refractivity contribution is 6.31. The van der Waals surface area contributed by atoms with Crippen LogP contribution >= 0.6 is 11.6 Å². The highest BCUT2D eigenvalue weighted by Crippen LogP contribution is 2.25. The zero-order valence-corrected chi connectivity index (χ0v) is 12.3. The standard InChI is InChI=1S/C14H16ClF3N2O/c1-2-19-8-10-9-20(5-6-21-14(16,17)18)13-7-11(15)3-4-12(10)13/h3-4,7,9,19H,2,5-6,8H2,1H3. The second-order valence-electron chi connectivity index (χ2n) is 4.58. The van der Waals surface area contributed by atoms with Crippen molar-refractivity contribution in [1.29, 1.82) is 0 Å². The molecule has 0 amide bonds. The molecular formula is C14H16ClF3N2O. The number of ether oxygens (including phenoxy) is 1. The normalized spacial score (nSPS) is 12.2. The van der Waals surface area contributed by atoms with Crippen LogP contribution in [0.3, 0.4) is 0 Å². The highest BCUT2D eigenvalue weighted by atomic mass is 35.5. The van der Waals surface area contributed by atoms with Gasteiger partial charge in [-0.25, -0.2) is 0 Å². The van der Waals surface area contributed by atoms with Crippen molar-refractivity contribution in [1.82, 2.24) is 9.88 Å². The van der Waals surface area contributed by atoms with Gasteiger partial charge in [0.15, 0.2) is 0 Å². The van der Waals surface area contributed by atoms with E-state index in [4.69, 9.17) is 11.6 Å². The van der Waals surface area contributed by atoms with Crippen LogP contribution in [0.2, 0.25) is 5.02 Å². The summed E-state index contributed by atoms with van der Waals surface area (Å²) in [6.07, 6.45) is -2.77. The first-order chi connectivity index (χ1) is 9.90. The number of halogens is 4. The molecule has 0 fully saturated rings. The molecule has 0 aliphatic rings. The maximum Gasteiger partial charge on any atom is 0.522 e. The third-order valence-corrected chi connectivity index (χ3v) is 3.33. The lowest BCUT2D eigenvalue weighted by molar-refractivity contribution is -0.325. The molecule has 0 unspecified atom stereocenters. The molecular weight excluding hydrogens is 305 g/mol. The Morgan fingerprint density at radius 3 is 2.76 bits per heavy atom. The van der Waals surface area contributed by atoms with Crippen molar-refractivity contribution >= 4 is 22.5 Å². The highest BCUT2D eigenvalue weighted by Gasteiger charge is 2.28. The van der Waals surface area contributed by atoms with Gasteiger partial charge >= 0.3 is 6.36 Å². The number of aromatic nitrogens is 1. The van der Waals surface area contributed by atoms with E-state index in [0.717, 1.165) is 23.0 Å². The molecule has 0 radical (unpaired) electrons. The van der Waals surface area contributed by atoms with Crippen LogP contribution in [0.4, 0.5) is 13.2 Å². The van der Waals surface area contributed by atoms with E-state index in [1.807, 2.05) is 19.2 Å². The molecule has 1 aromatic heterocycles. The molecule has 1 heterocycles. The van der Waals surface area contributed by atoms with Crippen molar-refractivity contribution in [2.75, 3.05) is 13.2 Å². The monoisotopic (exact) mass is 320 g/mol. The van der Waals surface area contributed by atoms with Crippen molar-refractivity contribution in [2.45, 2.75) is 26.4 Å². The number of hydrogen-bond donors (Lipinski definition) is 1. The molecule has 21 heavy (non-hydrogen) atoms. The number of hydrogen-bond acceptors (Lipinski definition) is 2. The van der Waals surface area contributed by atoms with E-state index in [0.29, 0.717) is 11.6 Å². The van der Waals surface area contributed by atoms with Gasteiger partial charge in [-0.05, 0) is 24.2 Å². The lowest BCUT2D eigenvalue weighted by atomic mass is 10.2. The minimum absolute atomic E-state index is 0.114. The summed E-state index contributed by atoms with van der Waals surface area (Å²) in [5.41, 5.74) is 1.83. The predicted molar refractivity (Wildman–Crippen MR) is 76.3 cm³/mol. The van der Waals surface area contributed by atoms with Gasteiger partial charge in [-0.1, -0.05) is 24.6 Å². The average Bonchev–Trinajstić information content (AvgIpc) is 2.72. The van der Waals surface area contributed by atoms with Gasteiger partial charge in [0.05, 0.1) is 6.61 Å². The molecule has 3 nitrogen and oxygen atoms in total. The summed E-state index contributed by atoms with van der Waals surface area (Å²) in [5.74, 6) is 0. The molecule has 0 bridgehead atoms. The molecule has 116 valence electrons. The molecule has 0 spiro atoms. The van der Waals surface area contributed by atoms with Gasteiger partial charge < -0.3 is 9.88 Å². The predicted octanol–water partition coefficient (Wildman–Crippen LogP) is 3.94. The molecule has 7 heteroatoms. The van der Waals surface area contributed by atoms with Crippen molar-refractivity contribution in [2.24, 2.45) is 0 Å². The van der Waals surface area contributed by atoms with Crippen LogP contribution in [0.1, 0.15) is 12.5 Å². The number of nitrogens with zero attached hydrogens (tertiary/aromatic N) is 1. The summed E-state index contributed by atoms with van der Waals surface area (Å²) >= 11 is 5.97. The maximum absolute atomic E-state index is 12.0. The van der Waals surface area contributed by atoms with Crippen molar-refractivity contribution < 1.29 is 17.9 Å². The minimum atomic E-state index is -4.60. The molecule has 2 aromatic rings. The fourth-order valence-corrected chi connectivity index (χ4v) is 2.35. The third kappa shape index (κ3) is 4.36. The van der Waals surface area contributed by atoms with Crippen LogP contribution in [0, 0.1) is 0 Å². The Labute approximate surface area is 125 Å². The van der Waals surface area contributed by atoms with E-state index in [1.165, 1.54) is 0 Å².